The Morgan fingerprint density at radius 2 is 2.24 bits per heavy atom. The van der Waals surface area contributed by atoms with E-state index in [1.54, 1.807) is 6.26 Å². The highest BCUT2D eigenvalue weighted by atomic mass is 16.3. The maximum Gasteiger partial charge on any atom is 0.129 e. The lowest BCUT2D eigenvalue weighted by Gasteiger charge is -2.15. The van der Waals surface area contributed by atoms with E-state index in [-0.39, 0.29) is 0 Å². The van der Waals surface area contributed by atoms with Crippen LogP contribution in [-0.2, 0) is 6.42 Å². The molecule has 3 heteroatoms. The van der Waals surface area contributed by atoms with Crippen molar-refractivity contribution in [3.63, 3.8) is 0 Å². The van der Waals surface area contributed by atoms with E-state index in [1.165, 1.54) is 5.56 Å². The average Bonchev–Trinajstić information content (AvgIpc) is 2.82. The van der Waals surface area contributed by atoms with Gasteiger partial charge in [-0.25, -0.2) is 4.98 Å². The van der Waals surface area contributed by atoms with Gasteiger partial charge in [-0.05, 0) is 44.0 Å². The molecule has 0 aliphatic carbocycles. The van der Waals surface area contributed by atoms with Gasteiger partial charge in [-0.1, -0.05) is 6.07 Å². The van der Waals surface area contributed by atoms with Crippen molar-refractivity contribution in [2.24, 2.45) is 0 Å². The summed E-state index contributed by atoms with van der Waals surface area (Å²) in [5.74, 6) is 2.01. The Bertz CT molecular complexity index is 451. The van der Waals surface area contributed by atoms with E-state index in [1.807, 2.05) is 24.4 Å². The number of nitrogens with zero attached hydrogens (tertiary/aromatic N) is 1. The number of aryl methyl sites for hydroxylation is 2. The number of aromatic nitrogens is 1. The van der Waals surface area contributed by atoms with Gasteiger partial charge in [0.25, 0.3) is 0 Å². The first-order valence-electron chi connectivity index (χ1n) is 5.96. The molecule has 17 heavy (non-hydrogen) atoms. The highest BCUT2D eigenvalue weighted by molar-refractivity contribution is 5.43. The minimum Gasteiger partial charge on any atom is -0.469 e. The molecule has 0 aromatic carbocycles. The lowest BCUT2D eigenvalue weighted by molar-refractivity contribution is 0.495. The van der Waals surface area contributed by atoms with E-state index >= 15 is 0 Å². The Balaban J connectivity index is 1.85. The second-order valence-corrected chi connectivity index (χ2v) is 4.33. The Morgan fingerprint density at radius 3 is 2.94 bits per heavy atom. The topological polar surface area (TPSA) is 38.1 Å². The molecule has 0 bridgehead atoms. The second-order valence-electron chi connectivity index (χ2n) is 4.33. The van der Waals surface area contributed by atoms with E-state index in [9.17, 15) is 0 Å². The Kier molecular flexibility index (Phi) is 3.81. The van der Waals surface area contributed by atoms with Crippen molar-refractivity contribution in [1.29, 1.82) is 0 Å². The highest BCUT2D eigenvalue weighted by Gasteiger charge is 2.06. The van der Waals surface area contributed by atoms with Crippen molar-refractivity contribution in [1.82, 2.24) is 4.98 Å². The third kappa shape index (κ3) is 3.34. The van der Waals surface area contributed by atoms with E-state index in [2.05, 4.69) is 30.2 Å². The lowest BCUT2D eigenvalue weighted by atomic mass is 10.1. The minimum absolute atomic E-state index is 0.383. The smallest absolute Gasteiger partial charge is 0.129 e. The van der Waals surface area contributed by atoms with E-state index in [0.717, 1.165) is 24.4 Å². The van der Waals surface area contributed by atoms with E-state index < -0.39 is 0 Å². The van der Waals surface area contributed by atoms with Gasteiger partial charge in [0.2, 0.25) is 0 Å². The molecule has 2 aromatic heterocycles. The SMILES string of the molecule is Cc1cccnc1NC(C)CCc1ccco1. The maximum absolute atomic E-state index is 5.31. The molecule has 0 saturated heterocycles. The number of nitrogens with one attached hydrogen (secondary N) is 1. The van der Waals surface area contributed by atoms with Crippen LogP contribution in [0.15, 0.2) is 41.1 Å². The summed E-state index contributed by atoms with van der Waals surface area (Å²) in [6.45, 7) is 4.23. The van der Waals surface area contributed by atoms with Crippen LogP contribution in [0.4, 0.5) is 5.82 Å². The minimum atomic E-state index is 0.383. The third-order valence-corrected chi connectivity index (χ3v) is 2.80. The fourth-order valence-electron chi connectivity index (χ4n) is 1.76. The Hall–Kier alpha value is -1.77. The largest absolute Gasteiger partial charge is 0.469 e. The molecule has 0 aliphatic rings. The van der Waals surface area contributed by atoms with Crippen LogP contribution in [0.5, 0.6) is 0 Å². The molecule has 1 atom stereocenters. The highest BCUT2D eigenvalue weighted by Crippen LogP contribution is 2.13. The van der Waals surface area contributed by atoms with Crippen LogP contribution in [0.3, 0.4) is 0 Å². The van der Waals surface area contributed by atoms with E-state index in [0.29, 0.717) is 6.04 Å². The zero-order valence-electron chi connectivity index (χ0n) is 10.3. The van der Waals surface area contributed by atoms with E-state index in [4.69, 9.17) is 4.42 Å². The quantitative estimate of drug-likeness (QED) is 0.855. The van der Waals surface area contributed by atoms with Crippen molar-refractivity contribution in [2.75, 3.05) is 5.32 Å². The number of hydrogen-bond donors (Lipinski definition) is 1. The summed E-state index contributed by atoms with van der Waals surface area (Å²) in [6, 6.07) is 8.34. The molecule has 1 unspecified atom stereocenters. The molecule has 90 valence electrons. The fourth-order valence-corrected chi connectivity index (χ4v) is 1.76. The van der Waals surface area contributed by atoms with Gasteiger partial charge in [0.05, 0.1) is 6.26 Å². The first kappa shape index (κ1) is 11.7. The number of anilines is 1. The first-order valence-corrected chi connectivity index (χ1v) is 5.96. The third-order valence-electron chi connectivity index (χ3n) is 2.80. The predicted molar refractivity (Wildman–Crippen MR) is 69.1 cm³/mol. The molecule has 1 N–H and O–H groups in total. The second kappa shape index (κ2) is 5.53. The van der Waals surface area contributed by atoms with Gasteiger partial charge in [-0.2, -0.15) is 0 Å². The van der Waals surface area contributed by atoms with Gasteiger partial charge in [-0.15, -0.1) is 0 Å². The summed E-state index contributed by atoms with van der Waals surface area (Å²) in [5, 5.41) is 3.42. The van der Waals surface area contributed by atoms with Gasteiger partial charge in [0.15, 0.2) is 0 Å². The average molecular weight is 230 g/mol. The fraction of sp³-hybridized carbons (Fsp3) is 0.357. The molecule has 0 radical (unpaired) electrons. The van der Waals surface area contributed by atoms with Crippen molar-refractivity contribution in [3.8, 4) is 0 Å². The van der Waals surface area contributed by atoms with Crippen LogP contribution >= 0.6 is 0 Å². The summed E-state index contributed by atoms with van der Waals surface area (Å²) in [4.78, 5) is 4.33. The van der Waals surface area contributed by atoms with Crippen molar-refractivity contribution in [3.05, 3.63) is 48.0 Å². The molecular formula is C14H18N2O. The van der Waals surface area contributed by atoms with Crippen molar-refractivity contribution < 1.29 is 4.42 Å². The molecule has 2 aromatic rings. The number of pyridine rings is 1. The molecule has 0 aliphatic heterocycles. The van der Waals surface area contributed by atoms with Crippen LogP contribution in [0, 0.1) is 6.92 Å². The van der Waals surface area contributed by atoms with Crippen LogP contribution in [0.2, 0.25) is 0 Å². The molecule has 0 amide bonds. The van der Waals surface area contributed by atoms with Crippen molar-refractivity contribution in [2.45, 2.75) is 32.7 Å². The van der Waals surface area contributed by atoms with Gasteiger partial charge in [-0.3, -0.25) is 0 Å². The van der Waals surface area contributed by atoms with Crippen LogP contribution in [-0.4, -0.2) is 11.0 Å². The molecule has 0 fully saturated rings. The summed E-state index contributed by atoms with van der Waals surface area (Å²) < 4.78 is 5.31. The predicted octanol–water partition coefficient (Wildman–Crippen LogP) is 3.42. The molecule has 3 nitrogen and oxygen atoms in total. The number of hydrogen-bond acceptors (Lipinski definition) is 3. The normalized spacial score (nSPS) is 12.4. The summed E-state index contributed by atoms with van der Waals surface area (Å²) >= 11 is 0. The standard InChI is InChI=1S/C14H18N2O/c1-11-5-3-9-15-14(11)16-12(2)7-8-13-6-4-10-17-13/h3-6,9-10,12H,7-8H2,1-2H3,(H,15,16). The monoisotopic (exact) mass is 230 g/mol. The van der Waals surface area contributed by atoms with Crippen LogP contribution in [0.1, 0.15) is 24.7 Å². The van der Waals surface area contributed by atoms with Gasteiger partial charge >= 0.3 is 0 Å². The zero-order valence-corrected chi connectivity index (χ0v) is 10.3. The Morgan fingerprint density at radius 1 is 1.35 bits per heavy atom. The lowest BCUT2D eigenvalue weighted by Crippen LogP contribution is -2.17. The Labute approximate surface area is 102 Å². The molecule has 2 heterocycles. The van der Waals surface area contributed by atoms with Crippen LogP contribution in [0.25, 0.3) is 0 Å². The number of furan rings is 1. The summed E-state index contributed by atoms with van der Waals surface area (Å²) in [5.41, 5.74) is 1.18. The first-order chi connectivity index (χ1) is 8.25. The molecule has 2 rings (SSSR count). The van der Waals surface area contributed by atoms with Gasteiger partial charge < -0.3 is 9.73 Å². The van der Waals surface area contributed by atoms with Crippen LogP contribution < -0.4 is 5.32 Å². The van der Waals surface area contributed by atoms with Gasteiger partial charge in [0, 0.05) is 18.7 Å². The molecular weight excluding hydrogens is 212 g/mol. The van der Waals surface area contributed by atoms with Gasteiger partial charge in [0.1, 0.15) is 11.6 Å². The summed E-state index contributed by atoms with van der Waals surface area (Å²) in [6.07, 6.45) is 5.52. The zero-order chi connectivity index (χ0) is 12.1. The number of rotatable bonds is 5. The molecule has 0 saturated carbocycles. The van der Waals surface area contributed by atoms with Crippen molar-refractivity contribution >= 4 is 5.82 Å². The summed E-state index contributed by atoms with van der Waals surface area (Å²) in [7, 11) is 0. The molecule has 0 spiro atoms. The maximum atomic E-state index is 5.31.